The van der Waals surface area contributed by atoms with Crippen molar-refractivity contribution in [2.75, 3.05) is 26.2 Å². The standard InChI is InChI=1S/C9H13N3O2S/c13-9(14)8-11-5-7(15-8)6-12-3-1-10-2-4-12/h5,10H,1-4,6H2,(H,13,14). The molecule has 1 aromatic rings. The maximum atomic E-state index is 10.6. The van der Waals surface area contributed by atoms with Crippen molar-refractivity contribution in [3.05, 3.63) is 16.1 Å². The average molecular weight is 227 g/mol. The molecule has 0 amide bonds. The van der Waals surface area contributed by atoms with Crippen LogP contribution in [0.2, 0.25) is 0 Å². The lowest BCUT2D eigenvalue weighted by molar-refractivity contribution is 0.0696. The van der Waals surface area contributed by atoms with Crippen LogP contribution in [0, 0.1) is 0 Å². The van der Waals surface area contributed by atoms with Crippen LogP contribution in [0.25, 0.3) is 0 Å². The summed E-state index contributed by atoms with van der Waals surface area (Å²) >= 11 is 1.26. The van der Waals surface area contributed by atoms with Gasteiger partial charge in [0, 0.05) is 43.8 Å². The number of piperazine rings is 1. The third-order valence-corrected chi connectivity index (χ3v) is 3.30. The highest BCUT2D eigenvalue weighted by molar-refractivity contribution is 7.13. The molecule has 15 heavy (non-hydrogen) atoms. The van der Waals surface area contributed by atoms with E-state index in [-0.39, 0.29) is 5.01 Å². The van der Waals surface area contributed by atoms with Crippen LogP contribution in [0.1, 0.15) is 14.7 Å². The van der Waals surface area contributed by atoms with Crippen molar-refractivity contribution in [1.29, 1.82) is 0 Å². The lowest BCUT2D eigenvalue weighted by Crippen LogP contribution is -2.42. The molecule has 1 fully saturated rings. The summed E-state index contributed by atoms with van der Waals surface area (Å²) in [5.74, 6) is -0.938. The van der Waals surface area contributed by atoms with Crippen LogP contribution in [0.3, 0.4) is 0 Å². The number of carboxylic acids is 1. The Morgan fingerprint density at radius 1 is 1.60 bits per heavy atom. The van der Waals surface area contributed by atoms with Gasteiger partial charge in [0.2, 0.25) is 5.01 Å². The molecule has 2 N–H and O–H groups in total. The van der Waals surface area contributed by atoms with Crippen LogP contribution in [0.5, 0.6) is 0 Å². The van der Waals surface area contributed by atoms with Gasteiger partial charge in [-0.05, 0) is 0 Å². The minimum Gasteiger partial charge on any atom is -0.476 e. The molecule has 6 heteroatoms. The Hall–Kier alpha value is -0.980. The number of rotatable bonds is 3. The van der Waals surface area contributed by atoms with E-state index < -0.39 is 5.97 Å². The predicted molar refractivity (Wildman–Crippen MR) is 57.2 cm³/mol. The zero-order chi connectivity index (χ0) is 10.7. The monoisotopic (exact) mass is 227 g/mol. The Balaban J connectivity index is 1.94. The van der Waals surface area contributed by atoms with Crippen molar-refractivity contribution < 1.29 is 9.90 Å². The predicted octanol–water partition coefficient (Wildman–Crippen LogP) is 0.246. The van der Waals surface area contributed by atoms with Gasteiger partial charge in [0.25, 0.3) is 0 Å². The van der Waals surface area contributed by atoms with E-state index in [9.17, 15) is 4.79 Å². The van der Waals surface area contributed by atoms with Crippen LogP contribution < -0.4 is 5.32 Å². The van der Waals surface area contributed by atoms with E-state index >= 15 is 0 Å². The largest absolute Gasteiger partial charge is 0.476 e. The van der Waals surface area contributed by atoms with Crippen molar-refractivity contribution in [1.82, 2.24) is 15.2 Å². The average Bonchev–Trinajstić information content (AvgIpc) is 2.68. The van der Waals surface area contributed by atoms with Crippen LogP contribution >= 0.6 is 11.3 Å². The van der Waals surface area contributed by atoms with Gasteiger partial charge in [-0.3, -0.25) is 4.90 Å². The molecule has 2 heterocycles. The van der Waals surface area contributed by atoms with Crippen molar-refractivity contribution >= 4 is 17.3 Å². The highest BCUT2D eigenvalue weighted by Gasteiger charge is 2.13. The Morgan fingerprint density at radius 3 is 2.93 bits per heavy atom. The van der Waals surface area contributed by atoms with Gasteiger partial charge in [-0.1, -0.05) is 0 Å². The summed E-state index contributed by atoms with van der Waals surface area (Å²) < 4.78 is 0. The molecule has 0 atom stereocenters. The quantitative estimate of drug-likeness (QED) is 0.774. The molecule has 0 bridgehead atoms. The molecule has 1 aromatic heterocycles. The molecule has 0 aliphatic carbocycles. The van der Waals surface area contributed by atoms with Crippen LogP contribution in [0.15, 0.2) is 6.20 Å². The van der Waals surface area contributed by atoms with Crippen LogP contribution in [0.4, 0.5) is 0 Å². The third-order valence-electron chi connectivity index (χ3n) is 2.33. The van der Waals surface area contributed by atoms with Crippen molar-refractivity contribution in [2.45, 2.75) is 6.54 Å². The van der Waals surface area contributed by atoms with Gasteiger partial charge in [0.15, 0.2) is 0 Å². The van der Waals surface area contributed by atoms with Gasteiger partial charge < -0.3 is 10.4 Å². The van der Waals surface area contributed by atoms with E-state index in [0.29, 0.717) is 0 Å². The van der Waals surface area contributed by atoms with Crippen molar-refractivity contribution in [3.63, 3.8) is 0 Å². The molecule has 1 aliphatic rings. The second-order valence-corrected chi connectivity index (χ2v) is 4.58. The summed E-state index contributed by atoms with van der Waals surface area (Å²) in [7, 11) is 0. The fraction of sp³-hybridized carbons (Fsp3) is 0.556. The number of aromatic nitrogens is 1. The van der Waals surface area contributed by atoms with Gasteiger partial charge in [0.05, 0.1) is 0 Å². The highest BCUT2D eigenvalue weighted by atomic mass is 32.1. The number of carboxylic acid groups (broad SMARTS) is 1. The van der Waals surface area contributed by atoms with Crippen LogP contribution in [-0.2, 0) is 6.54 Å². The van der Waals surface area contributed by atoms with E-state index in [0.717, 1.165) is 37.6 Å². The summed E-state index contributed by atoms with van der Waals surface area (Å²) in [5.41, 5.74) is 0. The molecule has 1 saturated heterocycles. The molecular weight excluding hydrogens is 214 g/mol. The summed E-state index contributed by atoms with van der Waals surface area (Å²) in [5, 5.41) is 12.2. The second-order valence-electron chi connectivity index (χ2n) is 3.46. The summed E-state index contributed by atoms with van der Waals surface area (Å²) in [6, 6.07) is 0. The number of nitrogens with zero attached hydrogens (tertiary/aromatic N) is 2. The first-order chi connectivity index (χ1) is 7.25. The first-order valence-corrected chi connectivity index (χ1v) is 5.68. The van der Waals surface area contributed by atoms with Crippen molar-refractivity contribution in [3.8, 4) is 0 Å². The fourth-order valence-corrected chi connectivity index (χ4v) is 2.36. The smallest absolute Gasteiger partial charge is 0.365 e. The Kier molecular flexibility index (Phi) is 3.30. The number of carbonyl (C=O) groups is 1. The zero-order valence-corrected chi connectivity index (χ0v) is 9.09. The topological polar surface area (TPSA) is 65.5 Å². The van der Waals surface area contributed by atoms with Gasteiger partial charge in [-0.2, -0.15) is 0 Å². The SMILES string of the molecule is O=C(O)c1ncc(CN2CCNCC2)s1. The van der Waals surface area contributed by atoms with Crippen molar-refractivity contribution in [2.24, 2.45) is 0 Å². The number of hydrogen-bond acceptors (Lipinski definition) is 5. The molecule has 82 valence electrons. The molecular formula is C9H13N3O2S. The Bertz CT molecular complexity index is 347. The molecule has 5 nitrogen and oxygen atoms in total. The van der Waals surface area contributed by atoms with E-state index in [1.165, 1.54) is 11.3 Å². The highest BCUT2D eigenvalue weighted by Crippen LogP contribution is 2.15. The number of thiazole rings is 1. The molecule has 0 saturated carbocycles. The normalized spacial score (nSPS) is 17.9. The zero-order valence-electron chi connectivity index (χ0n) is 8.27. The minimum atomic E-state index is -0.938. The third kappa shape index (κ3) is 2.74. The fourth-order valence-electron chi connectivity index (χ4n) is 1.57. The molecule has 2 rings (SSSR count). The van der Waals surface area contributed by atoms with Crippen LogP contribution in [-0.4, -0.2) is 47.1 Å². The Morgan fingerprint density at radius 2 is 2.33 bits per heavy atom. The molecule has 0 aromatic carbocycles. The Labute approximate surface area is 91.7 Å². The summed E-state index contributed by atoms with van der Waals surface area (Å²) in [6.07, 6.45) is 1.66. The summed E-state index contributed by atoms with van der Waals surface area (Å²) in [4.78, 5) is 17.8. The minimum absolute atomic E-state index is 0.181. The first kappa shape index (κ1) is 10.5. The van der Waals surface area contributed by atoms with E-state index in [4.69, 9.17) is 5.11 Å². The summed E-state index contributed by atoms with van der Waals surface area (Å²) in [6.45, 7) is 4.85. The first-order valence-electron chi connectivity index (χ1n) is 4.87. The molecule has 0 spiro atoms. The van der Waals surface area contributed by atoms with Gasteiger partial charge in [0.1, 0.15) is 0 Å². The lowest BCUT2D eigenvalue weighted by atomic mass is 10.3. The number of aromatic carboxylic acids is 1. The lowest BCUT2D eigenvalue weighted by Gasteiger charge is -2.26. The molecule has 0 radical (unpaired) electrons. The maximum Gasteiger partial charge on any atom is 0.365 e. The van der Waals surface area contributed by atoms with Gasteiger partial charge in [-0.25, -0.2) is 9.78 Å². The van der Waals surface area contributed by atoms with Gasteiger partial charge >= 0.3 is 5.97 Å². The molecule has 0 unspecified atom stereocenters. The van der Waals surface area contributed by atoms with Gasteiger partial charge in [-0.15, -0.1) is 11.3 Å². The number of nitrogens with one attached hydrogen (secondary N) is 1. The van der Waals surface area contributed by atoms with E-state index in [2.05, 4.69) is 15.2 Å². The second kappa shape index (κ2) is 4.69. The number of hydrogen-bond donors (Lipinski definition) is 2. The van der Waals surface area contributed by atoms with E-state index in [1.807, 2.05) is 0 Å². The maximum absolute atomic E-state index is 10.6. The van der Waals surface area contributed by atoms with E-state index in [1.54, 1.807) is 6.20 Å². The molecule has 1 aliphatic heterocycles.